The Hall–Kier alpha value is -2.51. The molecule has 29 heavy (non-hydrogen) atoms. The number of benzene rings is 2. The molecule has 0 spiro atoms. The Morgan fingerprint density at radius 3 is 2.66 bits per heavy atom. The first-order valence-corrected chi connectivity index (χ1v) is 11.2. The monoisotopic (exact) mass is 469 g/mol. The zero-order chi connectivity index (χ0) is 20.2. The van der Waals surface area contributed by atoms with Gasteiger partial charge >= 0.3 is 0 Å². The second-order valence-corrected chi connectivity index (χ2v) is 8.51. The van der Waals surface area contributed by atoms with Crippen molar-refractivity contribution in [1.82, 2.24) is 14.6 Å². The molecule has 0 bridgehead atoms. The van der Waals surface area contributed by atoms with E-state index in [1.54, 1.807) is 0 Å². The first-order chi connectivity index (χ1) is 14.2. The number of halogens is 1. The number of unbranched alkanes of at least 4 members (excludes halogenated alkanes) is 2. The van der Waals surface area contributed by atoms with Crippen LogP contribution in [0.4, 0.5) is 0 Å². The van der Waals surface area contributed by atoms with Crippen LogP contribution in [0.3, 0.4) is 0 Å². The summed E-state index contributed by atoms with van der Waals surface area (Å²) in [6, 6.07) is 15.5. The Kier molecular flexibility index (Phi) is 6.06. The fraction of sp³-hybridized carbons (Fsp3) is 0.227. The lowest BCUT2D eigenvalue weighted by molar-refractivity contribution is 0.306. The Bertz CT molecular complexity index is 1230. The number of nitrogens with zero attached hydrogens (tertiary/aromatic N) is 3. The number of thiazole rings is 1. The van der Waals surface area contributed by atoms with Crippen molar-refractivity contribution in [2.45, 2.75) is 26.2 Å². The van der Waals surface area contributed by atoms with Gasteiger partial charge in [-0.1, -0.05) is 65.2 Å². The van der Waals surface area contributed by atoms with E-state index < -0.39 is 0 Å². The zero-order valence-electron chi connectivity index (χ0n) is 16.0. The normalized spacial score (nSPS) is 12.0. The molecule has 0 unspecified atom stereocenters. The second-order valence-electron chi connectivity index (χ2n) is 6.65. The topological polar surface area (TPSA) is 56.5 Å². The minimum Gasteiger partial charge on any atom is -0.494 e. The van der Waals surface area contributed by atoms with Crippen molar-refractivity contribution in [3.05, 3.63) is 73.5 Å². The van der Waals surface area contributed by atoms with E-state index in [4.69, 9.17) is 4.74 Å². The summed E-state index contributed by atoms with van der Waals surface area (Å²) in [6.45, 7) is 2.90. The number of hydrogen-bond donors (Lipinski definition) is 0. The molecule has 5 nitrogen and oxygen atoms in total. The molecule has 0 fully saturated rings. The molecule has 148 valence electrons. The molecule has 0 amide bonds. The Balaban J connectivity index is 1.57. The highest BCUT2D eigenvalue weighted by molar-refractivity contribution is 9.10. The molecule has 2 aromatic heterocycles. The van der Waals surface area contributed by atoms with E-state index in [2.05, 4.69) is 32.9 Å². The lowest BCUT2D eigenvalue weighted by atomic mass is 10.2. The van der Waals surface area contributed by atoms with Crippen LogP contribution in [-0.2, 0) is 0 Å². The summed E-state index contributed by atoms with van der Waals surface area (Å²) >= 11 is 4.84. The molecule has 4 aromatic rings. The van der Waals surface area contributed by atoms with Crippen LogP contribution in [0.5, 0.6) is 5.75 Å². The quantitative estimate of drug-likeness (QED) is 0.368. The van der Waals surface area contributed by atoms with E-state index in [1.807, 2.05) is 54.6 Å². The minimum absolute atomic E-state index is 0.157. The third-order valence-corrected chi connectivity index (χ3v) is 6.18. The molecular weight excluding hydrogens is 450 g/mol. The summed E-state index contributed by atoms with van der Waals surface area (Å²) in [5.41, 5.74) is 1.65. The molecule has 0 saturated carbocycles. The van der Waals surface area contributed by atoms with Crippen LogP contribution >= 0.6 is 27.3 Å². The van der Waals surface area contributed by atoms with Crippen molar-refractivity contribution in [1.29, 1.82) is 0 Å². The SMILES string of the molecule is CCCCCOc1ccc(-c2nc3sc(=Cc4ccccc4Br)c(=O)n3n2)cc1. The summed E-state index contributed by atoms with van der Waals surface area (Å²) in [4.78, 5) is 17.8. The summed E-state index contributed by atoms with van der Waals surface area (Å²) in [7, 11) is 0. The predicted molar refractivity (Wildman–Crippen MR) is 121 cm³/mol. The van der Waals surface area contributed by atoms with E-state index in [9.17, 15) is 4.79 Å². The number of ether oxygens (including phenoxy) is 1. The molecule has 0 N–H and O–H groups in total. The van der Waals surface area contributed by atoms with Gasteiger partial charge in [0.2, 0.25) is 4.96 Å². The summed E-state index contributed by atoms with van der Waals surface area (Å²) in [6.07, 6.45) is 5.26. The molecule has 0 saturated heterocycles. The second kappa shape index (κ2) is 8.88. The van der Waals surface area contributed by atoms with Gasteiger partial charge in [0.25, 0.3) is 5.56 Å². The van der Waals surface area contributed by atoms with E-state index in [-0.39, 0.29) is 5.56 Å². The van der Waals surface area contributed by atoms with Gasteiger partial charge in [0.1, 0.15) is 5.75 Å². The first-order valence-electron chi connectivity index (χ1n) is 9.55. The molecule has 0 aliphatic rings. The molecule has 2 aromatic carbocycles. The maximum Gasteiger partial charge on any atom is 0.291 e. The number of hydrogen-bond acceptors (Lipinski definition) is 5. The van der Waals surface area contributed by atoms with Crippen LogP contribution in [0.1, 0.15) is 31.7 Å². The smallest absolute Gasteiger partial charge is 0.291 e. The van der Waals surface area contributed by atoms with Crippen molar-refractivity contribution in [2.75, 3.05) is 6.61 Å². The lowest BCUT2D eigenvalue weighted by Gasteiger charge is -2.05. The summed E-state index contributed by atoms with van der Waals surface area (Å²) in [5.74, 6) is 1.37. The fourth-order valence-electron chi connectivity index (χ4n) is 2.93. The van der Waals surface area contributed by atoms with Crippen LogP contribution in [-0.4, -0.2) is 21.2 Å². The summed E-state index contributed by atoms with van der Waals surface area (Å²) in [5, 5.41) is 4.41. The van der Waals surface area contributed by atoms with Crippen LogP contribution in [0.15, 0.2) is 57.8 Å². The fourth-order valence-corrected chi connectivity index (χ4v) is 4.23. The van der Waals surface area contributed by atoms with E-state index in [0.717, 1.165) is 34.4 Å². The maximum atomic E-state index is 12.7. The molecule has 0 aliphatic heterocycles. The third kappa shape index (κ3) is 4.41. The van der Waals surface area contributed by atoms with Gasteiger partial charge in [-0.05, 0) is 48.4 Å². The van der Waals surface area contributed by atoms with Gasteiger partial charge in [-0.25, -0.2) is 0 Å². The first kappa shape index (κ1) is 19.8. The van der Waals surface area contributed by atoms with Crippen LogP contribution in [0.2, 0.25) is 0 Å². The average Bonchev–Trinajstić information content (AvgIpc) is 3.27. The Morgan fingerprint density at radius 2 is 1.93 bits per heavy atom. The largest absolute Gasteiger partial charge is 0.494 e. The van der Waals surface area contributed by atoms with Crippen LogP contribution in [0.25, 0.3) is 22.4 Å². The van der Waals surface area contributed by atoms with Crippen LogP contribution in [0, 0.1) is 0 Å². The average molecular weight is 470 g/mol. The maximum absolute atomic E-state index is 12.7. The molecule has 0 radical (unpaired) electrons. The highest BCUT2D eigenvalue weighted by atomic mass is 79.9. The molecular formula is C22H20BrN3O2S. The van der Waals surface area contributed by atoms with Gasteiger partial charge in [-0.2, -0.15) is 9.50 Å². The molecule has 7 heteroatoms. The van der Waals surface area contributed by atoms with Gasteiger partial charge in [0.15, 0.2) is 5.82 Å². The Morgan fingerprint density at radius 1 is 1.14 bits per heavy atom. The highest BCUT2D eigenvalue weighted by Gasteiger charge is 2.12. The summed E-state index contributed by atoms with van der Waals surface area (Å²) < 4.78 is 8.66. The van der Waals surface area contributed by atoms with Crippen molar-refractivity contribution in [3.8, 4) is 17.1 Å². The molecule has 2 heterocycles. The number of aromatic nitrogens is 3. The van der Waals surface area contributed by atoms with Gasteiger partial charge in [-0.15, -0.1) is 5.10 Å². The Labute approximate surface area is 180 Å². The predicted octanol–water partition coefficient (Wildman–Crippen LogP) is 4.70. The van der Waals surface area contributed by atoms with E-state index in [1.165, 1.54) is 28.7 Å². The molecule has 4 rings (SSSR count). The molecule has 0 atom stereocenters. The lowest BCUT2D eigenvalue weighted by Crippen LogP contribution is -2.23. The standard InChI is InChI=1S/C22H20BrN3O2S/c1-2-3-6-13-28-17-11-9-15(10-12-17)20-24-22-26(25-20)21(27)19(29-22)14-16-7-4-5-8-18(16)23/h4-5,7-12,14H,2-3,6,13H2,1H3. The van der Waals surface area contributed by atoms with Gasteiger partial charge in [0, 0.05) is 10.0 Å². The van der Waals surface area contributed by atoms with Gasteiger partial charge in [0.05, 0.1) is 11.1 Å². The van der Waals surface area contributed by atoms with Crippen LogP contribution < -0.4 is 14.8 Å². The van der Waals surface area contributed by atoms with Crippen molar-refractivity contribution >= 4 is 38.3 Å². The highest BCUT2D eigenvalue weighted by Crippen LogP contribution is 2.21. The van der Waals surface area contributed by atoms with E-state index in [0.29, 0.717) is 15.3 Å². The number of fused-ring (bicyclic) bond motifs is 1. The minimum atomic E-state index is -0.157. The number of rotatable bonds is 7. The van der Waals surface area contributed by atoms with Crippen molar-refractivity contribution in [3.63, 3.8) is 0 Å². The zero-order valence-corrected chi connectivity index (χ0v) is 18.4. The van der Waals surface area contributed by atoms with Gasteiger partial charge in [-0.3, -0.25) is 4.79 Å². The van der Waals surface area contributed by atoms with Crippen molar-refractivity contribution < 1.29 is 4.74 Å². The van der Waals surface area contributed by atoms with Crippen molar-refractivity contribution in [2.24, 2.45) is 0 Å². The van der Waals surface area contributed by atoms with E-state index >= 15 is 0 Å². The molecule has 0 aliphatic carbocycles. The van der Waals surface area contributed by atoms with Gasteiger partial charge < -0.3 is 4.74 Å². The third-order valence-electron chi connectivity index (χ3n) is 4.50.